The van der Waals surface area contributed by atoms with E-state index >= 15 is 0 Å². The summed E-state index contributed by atoms with van der Waals surface area (Å²) in [6.07, 6.45) is 1.14. The van der Waals surface area contributed by atoms with Gasteiger partial charge in [0.1, 0.15) is 0 Å². The molecule has 1 atom stereocenters. The average molecular weight is 517 g/mol. The molecule has 6 aromatic carbocycles. The summed E-state index contributed by atoms with van der Waals surface area (Å²) in [5.74, 6) is 0.550. The van der Waals surface area contributed by atoms with Crippen molar-refractivity contribution in [2.75, 3.05) is 4.90 Å². The minimum atomic E-state index is 0.550. The lowest BCUT2D eigenvalue weighted by Crippen LogP contribution is -2.10. The molecule has 2 nitrogen and oxygen atoms in total. The monoisotopic (exact) mass is 516 g/mol. The highest BCUT2D eigenvalue weighted by Gasteiger charge is 2.16. The van der Waals surface area contributed by atoms with Crippen LogP contribution < -0.4 is 4.90 Å². The fraction of sp³-hybridized carbons (Fsp3) is 0.105. The lowest BCUT2D eigenvalue weighted by atomic mass is 9.98. The minimum absolute atomic E-state index is 0.550. The highest BCUT2D eigenvalue weighted by atomic mass is 15.1. The van der Waals surface area contributed by atoms with E-state index in [1.807, 2.05) is 0 Å². The molecule has 1 unspecified atom stereocenters. The van der Waals surface area contributed by atoms with Gasteiger partial charge in [0.15, 0.2) is 0 Å². The largest absolute Gasteiger partial charge is 0.310 e. The second kappa shape index (κ2) is 10.1. The number of aromatic nitrogens is 1. The molecule has 7 rings (SSSR count). The van der Waals surface area contributed by atoms with E-state index in [-0.39, 0.29) is 0 Å². The molecule has 7 aromatic rings. The molecule has 40 heavy (non-hydrogen) atoms. The van der Waals surface area contributed by atoms with Gasteiger partial charge in [-0.25, -0.2) is 0 Å². The molecule has 0 N–H and O–H groups in total. The van der Waals surface area contributed by atoms with Crippen molar-refractivity contribution in [1.29, 1.82) is 0 Å². The highest BCUT2D eigenvalue weighted by Crippen LogP contribution is 2.38. The summed E-state index contributed by atoms with van der Waals surface area (Å²) in [4.78, 5) is 2.36. The van der Waals surface area contributed by atoms with E-state index in [0.717, 1.165) is 29.2 Å². The van der Waals surface area contributed by atoms with Gasteiger partial charge in [0, 0.05) is 33.5 Å². The maximum absolute atomic E-state index is 2.37. The highest BCUT2D eigenvalue weighted by molar-refractivity contribution is 6.09. The number of hydrogen-bond acceptors (Lipinski definition) is 1. The molecule has 0 spiro atoms. The van der Waals surface area contributed by atoms with E-state index in [2.05, 4.69) is 163 Å². The molecule has 1 aromatic heterocycles. The molecule has 1 heterocycles. The SMILES string of the molecule is CCC(C)c1ccc(N(c2ccc(-n3c4ccccc4c4ccccc43)cc2)c2ccc3ccccc3c2)cc1. The first-order chi connectivity index (χ1) is 19.7. The minimum Gasteiger partial charge on any atom is -0.310 e. The first kappa shape index (κ1) is 24.2. The molecule has 0 radical (unpaired) electrons. The van der Waals surface area contributed by atoms with Gasteiger partial charge in [-0.1, -0.05) is 92.7 Å². The van der Waals surface area contributed by atoms with E-state index in [1.54, 1.807) is 0 Å². The van der Waals surface area contributed by atoms with Gasteiger partial charge in [0.05, 0.1) is 11.0 Å². The van der Waals surface area contributed by atoms with E-state index in [0.29, 0.717) is 5.92 Å². The quantitative estimate of drug-likeness (QED) is 0.213. The molecule has 0 bridgehead atoms. The zero-order valence-corrected chi connectivity index (χ0v) is 23.0. The number of rotatable bonds is 6. The van der Waals surface area contributed by atoms with Gasteiger partial charge in [-0.3, -0.25) is 0 Å². The molecular weight excluding hydrogens is 484 g/mol. The fourth-order valence-corrected chi connectivity index (χ4v) is 5.90. The number of para-hydroxylation sites is 2. The molecular formula is C38H32N2. The van der Waals surface area contributed by atoms with Gasteiger partial charge < -0.3 is 9.47 Å². The van der Waals surface area contributed by atoms with Gasteiger partial charge in [-0.15, -0.1) is 0 Å². The predicted octanol–water partition coefficient (Wildman–Crippen LogP) is 10.9. The number of fused-ring (bicyclic) bond motifs is 4. The molecule has 0 aliphatic rings. The third-order valence-electron chi connectivity index (χ3n) is 8.27. The van der Waals surface area contributed by atoms with E-state index < -0.39 is 0 Å². The molecule has 0 saturated carbocycles. The Bertz CT molecular complexity index is 1890. The summed E-state index contributed by atoms with van der Waals surface area (Å²) >= 11 is 0. The summed E-state index contributed by atoms with van der Waals surface area (Å²) < 4.78 is 2.37. The summed E-state index contributed by atoms with van der Waals surface area (Å²) in [7, 11) is 0. The lowest BCUT2D eigenvalue weighted by molar-refractivity contribution is 0.733. The van der Waals surface area contributed by atoms with Crippen molar-refractivity contribution >= 4 is 49.6 Å². The van der Waals surface area contributed by atoms with Gasteiger partial charge in [-0.05, 0) is 89.3 Å². The number of hydrogen-bond donors (Lipinski definition) is 0. The van der Waals surface area contributed by atoms with Crippen molar-refractivity contribution in [2.24, 2.45) is 0 Å². The van der Waals surface area contributed by atoms with Gasteiger partial charge in [0.2, 0.25) is 0 Å². The van der Waals surface area contributed by atoms with Crippen LogP contribution in [0.15, 0.2) is 140 Å². The Hall–Kier alpha value is -4.82. The van der Waals surface area contributed by atoms with Crippen LogP contribution in [-0.4, -0.2) is 4.57 Å². The predicted molar refractivity (Wildman–Crippen MR) is 172 cm³/mol. The third-order valence-corrected chi connectivity index (χ3v) is 8.27. The molecule has 2 heteroatoms. The Morgan fingerprint density at radius 1 is 0.550 bits per heavy atom. The van der Waals surface area contributed by atoms with E-state index in [9.17, 15) is 0 Å². The van der Waals surface area contributed by atoms with E-state index in [1.165, 1.54) is 38.1 Å². The second-order valence-electron chi connectivity index (χ2n) is 10.7. The van der Waals surface area contributed by atoms with Gasteiger partial charge >= 0.3 is 0 Å². The van der Waals surface area contributed by atoms with Crippen molar-refractivity contribution in [1.82, 2.24) is 4.57 Å². The number of anilines is 3. The summed E-state index contributed by atoms with van der Waals surface area (Å²) in [5.41, 5.74) is 8.44. The first-order valence-corrected chi connectivity index (χ1v) is 14.2. The van der Waals surface area contributed by atoms with Crippen LogP contribution in [0.25, 0.3) is 38.3 Å². The fourth-order valence-electron chi connectivity index (χ4n) is 5.90. The standard InChI is InChI=1S/C38H32N2/c1-3-27(2)28-16-19-31(20-17-28)39(34-21-18-29-10-4-5-11-30(29)26-34)32-22-24-33(25-23-32)40-37-14-8-6-12-35(37)36-13-7-9-15-38(36)40/h4-27H,3H2,1-2H3. The summed E-state index contributed by atoms with van der Waals surface area (Å²) in [5, 5.41) is 5.05. The number of nitrogens with zero attached hydrogens (tertiary/aromatic N) is 2. The van der Waals surface area contributed by atoms with Crippen LogP contribution in [-0.2, 0) is 0 Å². The molecule has 0 fully saturated rings. The van der Waals surface area contributed by atoms with Crippen LogP contribution in [0.2, 0.25) is 0 Å². The maximum Gasteiger partial charge on any atom is 0.0541 e. The van der Waals surface area contributed by atoms with Crippen LogP contribution in [0.3, 0.4) is 0 Å². The van der Waals surface area contributed by atoms with Crippen molar-refractivity contribution in [3.63, 3.8) is 0 Å². The zero-order valence-electron chi connectivity index (χ0n) is 23.0. The second-order valence-corrected chi connectivity index (χ2v) is 10.7. The summed E-state index contributed by atoms with van der Waals surface area (Å²) in [6.45, 7) is 4.54. The van der Waals surface area contributed by atoms with Crippen LogP contribution in [0, 0.1) is 0 Å². The Kier molecular flexibility index (Phi) is 6.09. The van der Waals surface area contributed by atoms with Crippen molar-refractivity contribution in [2.45, 2.75) is 26.2 Å². The van der Waals surface area contributed by atoms with Gasteiger partial charge in [-0.2, -0.15) is 0 Å². The smallest absolute Gasteiger partial charge is 0.0541 e. The first-order valence-electron chi connectivity index (χ1n) is 14.2. The lowest BCUT2D eigenvalue weighted by Gasteiger charge is -2.26. The zero-order chi connectivity index (χ0) is 27.1. The maximum atomic E-state index is 2.37. The Balaban J connectivity index is 1.36. The average Bonchev–Trinajstić information content (AvgIpc) is 3.36. The van der Waals surface area contributed by atoms with Crippen LogP contribution >= 0.6 is 0 Å². The van der Waals surface area contributed by atoms with Crippen molar-refractivity contribution in [3.8, 4) is 5.69 Å². The Labute approximate surface area is 235 Å². The molecule has 0 aliphatic heterocycles. The van der Waals surface area contributed by atoms with Crippen LogP contribution in [0.1, 0.15) is 31.7 Å². The molecule has 0 aliphatic carbocycles. The van der Waals surface area contributed by atoms with Gasteiger partial charge in [0.25, 0.3) is 0 Å². The topological polar surface area (TPSA) is 8.17 Å². The van der Waals surface area contributed by atoms with Crippen molar-refractivity contribution in [3.05, 3.63) is 145 Å². The Morgan fingerprint density at radius 2 is 1.07 bits per heavy atom. The molecule has 0 amide bonds. The third kappa shape index (κ3) is 4.13. The summed E-state index contributed by atoms with van der Waals surface area (Å²) in [6, 6.07) is 50.7. The van der Waals surface area contributed by atoms with Crippen LogP contribution in [0.5, 0.6) is 0 Å². The molecule has 194 valence electrons. The number of benzene rings is 6. The van der Waals surface area contributed by atoms with Crippen LogP contribution in [0.4, 0.5) is 17.1 Å². The normalized spacial score (nSPS) is 12.2. The van der Waals surface area contributed by atoms with E-state index in [4.69, 9.17) is 0 Å². The Morgan fingerprint density at radius 3 is 1.70 bits per heavy atom. The molecule has 0 saturated heterocycles. The van der Waals surface area contributed by atoms with Crippen molar-refractivity contribution < 1.29 is 0 Å².